The second kappa shape index (κ2) is 5.75. The van der Waals surface area contributed by atoms with E-state index in [9.17, 15) is 14.7 Å². The number of thioether (sulfide) groups is 1. The van der Waals surface area contributed by atoms with E-state index in [4.69, 9.17) is 0 Å². The summed E-state index contributed by atoms with van der Waals surface area (Å²) in [6.45, 7) is 0. The number of carbonyl (C=O) groups excluding carboxylic acids is 2. The van der Waals surface area contributed by atoms with E-state index in [1.165, 1.54) is 19.2 Å². The number of amidine groups is 1. The van der Waals surface area contributed by atoms with E-state index in [0.717, 1.165) is 11.8 Å². The maximum Gasteiger partial charge on any atom is 0.307 e. The number of hydrogen-bond donors (Lipinski definition) is 2. The van der Waals surface area contributed by atoms with Crippen molar-refractivity contribution in [1.29, 1.82) is 0 Å². The number of aromatic hydroxyl groups is 1. The van der Waals surface area contributed by atoms with Crippen molar-refractivity contribution in [3.05, 3.63) is 24.3 Å². The smallest absolute Gasteiger partial charge is 0.307 e. The molecule has 1 atom stereocenters. The molecule has 2 rings (SSSR count). The molecule has 1 saturated heterocycles. The Kier molecular flexibility index (Phi) is 4.06. The fourth-order valence-electron chi connectivity index (χ4n) is 1.54. The predicted octanol–water partition coefficient (Wildman–Crippen LogP) is 1.81. The van der Waals surface area contributed by atoms with Crippen molar-refractivity contribution in [1.82, 2.24) is 5.32 Å². The van der Waals surface area contributed by atoms with E-state index in [2.05, 4.69) is 15.0 Å². The molecule has 0 saturated carbocycles. The summed E-state index contributed by atoms with van der Waals surface area (Å²) in [4.78, 5) is 26.9. The minimum atomic E-state index is -0.396. The molecule has 0 unspecified atom stereocenters. The van der Waals surface area contributed by atoms with Gasteiger partial charge in [0.25, 0.3) is 5.24 Å². The normalized spacial score (nSPS) is 20.4. The number of nitrogens with zero attached hydrogens (tertiary/aromatic N) is 1. The van der Waals surface area contributed by atoms with Gasteiger partial charge in [0.05, 0.1) is 24.5 Å². The lowest BCUT2D eigenvalue weighted by Crippen LogP contribution is -2.26. The Balaban J connectivity index is 2.18. The molecule has 1 heterocycles. The lowest BCUT2D eigenvalue weighted by atomic mass is 10.2. The lowest BCUT2D eigenvalue weighted by Gasteiger charge is -2.06. The summed E-state index contributed by atoms with van der Waals surface area (Å²) in [5.41, 5.74) is 0.588. The minimum Gasteiger partial charge on any atom is -0.508 e. The Morgan fingerprint density at radius 3 is 2.79 bits per heavy atom. The quantitative estimate of drug-likeness (QED) is 0.824. The number of methoxy groups -OCH3 is 1. The molecular weight excluding hydrogens is 268 g/mol. The summed E-state index contributed by atoms with van der Waals surface area (Å²) < 4.78 is 4.58. The van der Waals surface area contributed by atoms with Crippen molar-refractivity contribution in [3.8, 4) is 5.75 Å². The van der Waals surface area contributed by atoms with Gasteiger partial charge in [0, 0.05) is 0 Å². The predicted molar refractivity (Wildman–Crippen MR) is 71.7 cm³/mol. The number of rotatable bonds is 3. The van der Waals surface area contributed by atoms with Gasteiger partial charge >= 0.3 is 5.97 Å². The molecule has 2 N–H and O–H groups in total. The maximum atomic E-state index is 11.4. The number of carbonyl (C=O) groups is 2. The van der Waals surface area contributed by atoms with Crippen LogP contribution in [0.25, 0.3) is 0 Å². The average molecular weight is 280 g/mol. The molecule has 1 aromatic carbocycles. The molecule has 19 heavy (non-hydrogen) atoms. The Labute approximate surface area is 113 Å². The third kappa shape index (κ3) is 3.47. The number of aliphatic imine (C=N–C) groups is 1. The molecule has 1 aromatic rings. The van der Waals surface area contributed by atoms with Crippen molar-refractivity contribution in [2.45, 2.75) is 11.7 Å². The molecule has 0 aromatic heterocycles. The number of phenols is 1. The van der Waals surface area contributed by atoms with Crippen LogP contribution in [0.2, 0.25) is 0 Å². The van der Waals surface area contributed by atoms with Crippen LogP contribution < -0.4 is 5.32 Å². The first-order valence-corrected chi connectivity index (χ1v) is 6.38. The first kappa shape index (κ1) is 13.4. The molecule has 0 spiro atoms. The molecule has 1 aliphatic heterocycles. The molecule has 0 bridgehead atoms. The van der Waals surface area contributed by atoms with Gasteiger partial charge in [-0.3, -0.25) is 9.59 Å². The van der Waals surface area contributed by atoms with Gasteiger partial charge in [0.2, 0.25) is 0 Å². The zero-order valence-electron chi connectivity index (χ0n) is 10.1. The topological polar surface area (TPSA) is 88.0 Å². The molecule has 7 heteroatoms. The van der Waals surface area contributed by atoms with Crippen LogP contribution in [0.15, 0.2) is 29.3 Å². The van der Waals surface area contributed by atoms with Gasteiger partial charge in [0.15, 0.2) is 0 Å². The van der Waals surface area contributed by atoms with Crippen molar-refractivity contribution in [2.75, 3.05) is 7.11 Å². The highest BCUT2D eigenvalue weighted by molar-refractivity contribution is 8.15. The van der Waals surface area contributed by atoms with Gasteiger partial charge in [-0.1, -0.05) is 11.8 Å². The summed E-state index contributed by atoms with van der Waals surface area (Å²) in [7, 11) is 1.30. The van der Waals surface area contributed by atoms with Crippen molar-refractivity contribution >= 4 is 34.5 Å². The number of esters is 1. The largest absolute Gasteiger partial charge is 0.508 e. The number of phenolic OH excluding ortho intramolecular Hbond substituents is 1. The molecule has 100 valence electrons. The van der Waals surface area contributed by atoms with E-state index in [1.807, 2.05) is 0 Å². The Morgan fingerprint density at radius 2 is 2.16 bits per heavy atom. The number of nitrogens with one attached hydrogen (secondary N) is 1. The number of hydrogen-bond acceptors (Lipinski definition) is 6. The van der Waals surface area contributed by atoms with Gasteiger partial charge in [0.1, 0.15) is 11.6 Å². The summed E-state index contributed by atoms with van der Waals surface area (Å²) in [6, 6.07) is 6.23. The van der Waals surface area contributed by atoms with E-state index in [0.29, 0.717) is 11.5 Å². The van der Waals surface area contributed by atoms with Crippen molar-refractivity contribution in [3.63, 3.8) is 0 Å². The first-order valence-electron chi connectivity index (χ1n) is 5.50. The van der Waals surface area contributed by atoms with Crippen LogP contribution in [-0.2, 0) is 9.53 Å². The Hall–Kier alpha value is -2.02. The molecule has 1 amide bonds. The fourth-order valence-corrected chi connectivity index (χ4v) is 2.40. The van der Waals surface area contributed by atoms with Crippen LogP contribution in [0.3, 0.4) is 0 Å². The monoisotopic (exact) mass is 280 g/mol. The van der Waals surface area contributed by atoms with E-state index < -0.39 is 5.97 Å². The van der Waals surface area contributed by atoms with Gasteiger partial charge < -0.3 is 15.2 Å². The van der Waals surface area contributed by atoms with E-state index in [1.54, 1.807) is 12.1 Å². The van der Waals surface area contributed by atoms with E-state index in [-0.39, 0.29) is 22.7 Å². The Bertz CT molecular complexity index is 527. The van der Waals surface area contributed by atoms with Gasteiger partial charge in [-0.05, 0) is 24.3 Å². The highest BCUT2D eigenvalue weighted by atomic mass is 32.2. The fraction of sp³-hybridized carbons (Fsp3) is 0.250. The summed E-state index contributed by atoms with van der Waals surface area (Å²) >= 11 is 1.01. The zero-order valence-corrected chi connectivity index (χ0v) is 10.9. The summed E-state index contributed by atoms with van der Waals surface area (Å²) in [5, 5.41) is 11.2. The third-order valence-electron chi connectivity index (χ3n) is 2.46. The highest BCUT2D eigenvalue weighted by Crippen LogP contribution is 2.26. The third-order valence-corrected chi connectivity index (χ3v) is 3.45. The Morgan fingerprint density at radius 1 is 1.47 bits per heavy atom. The van der Waals surface area contributed by atoms with Crippen molar-refractivity contribution < 1.29 is 19.4 Å². The van der Waals surface area contributed by atoms with Gasteiger partial charge in [-0.2, -0.15) is 0 Å². The standard InChI is InChI=1S/C12H12N2O4S/c1-18-10(16)6-9-11(14-12(17)19-9)13-7-2-4-8(15)5-3-7/h2-5,9,15H,6H2,1H3,(H,13,14,17)/t9-/m1/s1. The molecular formula is C12H12N2O4S. The number of amides is 1. The highest BCUT2D eigenvalue weighted by Gasteiger charge is 2.31. The maximum absolute atomic E-state index is 11.4. The van der Waals surface area contributed by atoms with Gasteiger partial charge in [-0.15, -0.1) is 0 Å². The molecule has 6 nitrogen and oxygen atoms in total. The van der Waals surface area contributed by atoms with Crippen LogP contribution in [0.4, 0.5) is 10.5 Å². The van der Waals surface area contributed by atoms with Gasteiger partial charge in [-0.25, -0.2) is 4.99 Å². The molecule has 0 radical (unpaired) electrons. The lowest BCUT2D eigenvalue weighted by molar-refractivity contribution is -0.140. The van der Waals surface area contributed by atoms with Crippen LogP contribution in [0, 0.1) is 0 Å². The first-order chi connectivity index (χ1) is 9.08. The average Bonchev–Trinajstić information content (AvgIpc) is 2.72. The van der Waals surface area contributed by atoms with Crippen LogP contribution in [0.5, 0.6) is 5.75 Å². The molecule has 1 aliphatic rings. The SMILES string of the molecule is COC(=O)C[C@H]1SC(=O)NC1=Nc1ccc(O)cc1. The summed E-state index contributed by atoms with van der Waals surface area (Å²) in [6.07, 6.45) is 0.0802. The zero-order chi connectivity index (χ0) is 13.8. The van der Waals surface area contributed by atoms with Crippen molar-refractivity contribution in [2.24, 2.45) is 4.99 Å². The van der Waals surface area contributed by atoms with Crippen LogP contribution >= 0.6 is 11.8 Å². The second-order valence-electron chi connectivity index (χ2n) is 3.81. The molecule has 0 aliphatic carbocycles. The number of ether oxygens (including phenoxy) is 1. The summed E-state index contributed by atoms with van der Waals surface area (Å²) in [5.74, 6) is 0.165. The second-order valence-corrected chi connectivity index (χ2v) is 4.99. The van der Waals surface area contributed by atoms with E-state index >= 15 is 0 Å². The minimum absolute atomic E-state index is 0.0802. The van der Waals surface area contributed by atoms with Crippen LogP contribution in [-0.4, -0.2) is 34.5 Å². The van der Waals surface area contributed by atoms with Crippen LogP contribution in [0.1, 0.15) is 6.42 Å². The number of benzene rings is 1. The molecule has 1 fully saturated rings.